The zero-order chi connectivity index (χ0) is 18.3. The van der Waals surface area contributed by atoms with Gasteiger partial charge in [0.15, 0.2) is 0 Å². The van der Waals surface area contributed by atoms with Gasteiger partial charge in [0.25, 0.3) is 0 Å². The number of esters is 1. The Morgan fingerprint density at radius 1 is 1.27 bits per heavy atom. The molecule has 0 radical (unpaired) electrons. The van der Waals surface area contributed by atoms with Gasteiger partial charge in [-0.05, 0) is 12.0 Å². The van der Waals surface area contributed by atoms with E-state index >= 15 is 0 Å². The fraction of sp³-hybridized carbons (Fsp3) is 0.667. The molecule has 3 aliphatic heterocycles. The molecule has 0 aliphatic carbocycles. The minimum Gasteiger partial charge on any atom is -0.461 e. The van der Waals surface area contributed by atoms with Crippen LogP contribution in [0.5, 0.6) is 0 Å². The van der Waals surface area contributed by atoms with Gasteiger partial charge < -0.3 is 19.1 Å². The third-order valence-corrected chi connectivity index (χ3v) is 6.79. The van der Waals surface area contributed by atoms with Gasteiger partial charge in [0.2, 0.25) is 0 Å². The maximum Gasteiger partial charge on any atom is 0.316 e. The highest BCUT2D eigenvalue weighted by molar-refractivity contribution is 5.78. The lowest BCUT2D eigenvalue weighted by atomic mass is 9.94. The molecule has 26 heavy (non-hydrogen) atoms. The normalized spacial score (nSPS) is 38.5. The maximum atomic E-state index is 12.7. The number of hydrogen-bond acceptors (Lipinski definition) is 4. The molecule has 5 atom stereocenters. The first-order valence-electron chi connectivity index (χ1n) is 9.95. The Morgan fingerprint density at radius 2 is 1.92 bits per heavy atom. The zero-order valence-electron chi connectivity index (χ0n) is 15.7. The number of aliphatic hydroxyl groups excluding tert-OH is 1. The number of likely N-dealkylation sites (N-methyl/N-ethyl adjacent to an activating group) is 1. The lowest BCUT2D eigenvalue weighted by Crippen LogP contribution is -2.62. The van der Waals surface area contributed by atoms with E-state index in [2.05, 4.69) is 14.0 Å². The van der Waals surface area contributed by atoms with E-state index in [1.807, 2.05) is 30.3 Å². The van der Waals surface area contributed by atoms with Crippen molar-refractivity contribution in [3.8, 4) is 0 Å². The van der Waals surface area contributed by atoms with E-state index in [-0.39, 0.29) is 18.7 Å². The van der Waals surface area contributed by atoms with Crippen LogP contribution in [0, 0.1) is 0 Å². The second-order valence-corrected chi connectivity index (χ2v) is 8.30. The molecule has 1 N–H and O–H groups in total. The van der Waals surface area contributed by atoms with Gasteiger partial charge >= 0.3 is 5.97 Å². The lowest BCUT2D eigenvalue weighted by Gasteiger charge is -2.48. The second-order valence-electron chi connectivity index (χ2n) is 8.30. The number of fused-ring (bicyclic) bond motifs is 5. The van der Waals surface area contributed by atoms with Crippen molar-refractivity contribution in [1.29, 1.82) is 0 Å². The number of epoxide rings is 1. The highest BCUT2D eigenvalue weighted by Crippen LogP contribution is 2.52. The highest BCUT2D eigenvalue weighted by Gasteiger charge is 2.71. The summed E-state index contributed by atoms with van der Waals surface area (Å²) in [4.78, 5) is 12.7. The molecule has 1 aromatic carbocycles. The molecule has 4 rings (SSSR count). The Morgan fingerprint density at radius 3 is 2.50 bits per heavy atom. The third-order valence-electron chi connectivity index (χ3n) is 6.79. The van der Waals surface area contributed by atoms with E-state index in [0.717, 1.165) is 22.9 Å². The lowest BCUT2D eigenvalue weighted by molar-refractivity contribution is -0.956. The third kappa shape index (κ3) is 2.96. The van der Waals surface area contributed by atoms with Gasteiger partial charge in [0.1, 0.15) is 36.3 Å². The summed E-state index contributed by atoms with van der Waals surface area (Å²) in [7, 11) is 2.36. The molecule has 5 heteroatoms. The van der Waals surface area contributed by atoms with Crippen molar-refractivity contribution in [3.63, 3.8) is 0 Å². The number of hydrogen-bond donors (Lipinski definition) is 1. The molecular formula is C21H30NO4+. The van der Waals surface area contributed by atoms with Crippen LogP contribution in [0.2, 0.25) is 0 Å². The molecule has 0 amide bonds. The maximum absolute atomic E-state index is 12.7. The molecule has 3 fully saturated rings. The first-order chi connectivity index (χ1) is 12.6. The van der Waals surface area contributed by atoms with Crippen molar-refractivity contribution >= 4 is 5.97 Å². The number of quaternary nitrogens is 1. The van der Waals surface area contributed by atoms with E-state index in [4.69, 9.17) is 9.47 Å². The molecule has 3 aliphatic rings. The van der Waals surface area contributed by atoms with Crippen LogP contribution in [0.25, 0.3) is 0 Å². The second kappa shape index (κ2) is 6.95. The van der Waals surface area contributed by atoms with Gasteiger partial charge in [-0.15, -0.1) is 0 Å². The van der Waals surface area contributed by atoms with E-state index < -0.39 is 5.92 Å². The average molecular weight is 360 g/mol. The summed E-state index contributed by atoms with van der Waals surface area (Å²) in [6.07, 6.45) is 4.83. The summed E-state index contributed by atoms with van der Waals surface area (Å²) in [6, 6.07) is 10.3. The van der Waals surface area contributed by atoms with E-state index in [1.165, 1.54) is 19.4 Å². The van der Waals surface area contributed by atoms with Crippen LogP contribution in [0.4, 0.5) is 0 Å². The number of morpholine rings is 1. The molecule has 4 unspecified atom stereocenters. The van der Waals surface area contributed by atoms with Crippen LogP contribution in [0.15, 0.2) is 30.3 Å². The first-order valence-corrected chi connectivity index (χ1v) is 9.95. The number of aliphatic hydroxyl groups is 1. The summed E-state index contributed by atoms with van der Waals surface area (Å²) >= 11 is 0. The fourth-order valence-corrected chi connectivity index (χ4v) is 5.23. The zero-order valence-corrected chi connectivity index (χ0v) is 15.7. The van der Waals surface area contributed by atoms with Gasteiger partial charge in [0.05, 0.1) is 20.2 Å². The Kier molecular flexibility index (Phi) is 4.80. The van der Waals surface area contributed by atoms with Crippen molar-refractivity contribution in [2.45, 2.75) is 68.9 Å². The Hall–Kier alpha value is -1.43. The topological polar surface area (TPSA) is 59.1 Å². The number of rotatable bonds is 7. The fourth-order valence-electron chi connectivity index (χ4n) is 5.23. The van der Waals surface area contributed by atoms with Gasteiger partial charge in [0, 0.05) is 12.8 Å². The number of carbonyl (C=O) groups excluding carboxylic acids is 1. The highest BCUT2D eigenvalue weighted by atomic mass is 16.6. The van der Waals surface area contributed by atoms with E-state index in [1.54, 1.807) is 0 Å². The van der Waals surface area contributed by atoms with Crippen LogP contribution < -0.4 is 0 Å². The minimum atomic E-state index is -0.595. The molecule has 2 bridgehead atoms. The molecular weight excluding hydrogens is 330 g/mol. The molecule has 0 spiro atoms. The van der Waals surface area contributed by atoms with Crippen molar-refractivity contribution < 1.29 is 23.9 Å². The minimum absolute atomic E-state index is 0.0560. The first kappa shape index (κ1) is 18.0. The molecule has 142 valence electrons. The van der Waals surface area contributed by atoms with E-state index in [9.17, 15) is 9.90 Å². The predicted octanol–water partition coefficient (Wildman–Crippen LogP) is 2.23. The van der Waals surface area contributed by atoms with Crippen LogP contribution >= 0.6 is 0 Å². The summed E-state index contributed by atoms with van der Waals surface area (Å²) < 4.78 is 12.9. The summed E-state index contributed by atoms with van der Waals surface area (Å²) in [5.41, 5.74) is 0.813. The number of benzene rings is 1. The van der Waals surface area contributed by atoms with Crippen LogP contribution in [0.3, 0.4) is 0 Å². The average Bonchev–Trinajstić information content (AvgIpc) is 3.40. The Balaban J connectivity index is 1.42. The predicted molar refractivity (Wildman–Crippen MR) is 97.6 cm³/mol. The van der Waals surface area contributed by atoms with Crippen molar-refractivity contribution in [2.75, 3.05) is 20.2 Å². The molecule has 0 saturated carbocycles. The quantitative estimate of drug-likeness (QED) is 0.460. The van der Waals surface area contributed by atoms with Crippen molar-refractivity contribution in [3.05, 3.63) is 35.9 Å². The summed E-state index contributed by atoms with van der Waals surface area (Å²) in [5.74, 6) is -0.898. The van der Waals surface area contributed by atoms with Gasteiger partial charge in [-0.25, -0.2) is 0 Å². The standard InChI is InChI=1S/C21H30NO4/c1-3-4-10-22(2)17-11-15(12-18(22)20-19(17)26-20)25-21(24)16(13-23)14-8-6-5-7-9-14/h5-9,15-20,23H,3-4,10-13H2,1-2H3/q+1/t15?,16-,17?,18?,19?,20?,22?/m0/s1. The van der Waals surface area contributed by atoms with Crippen molar-refractivity contribution in [1.82, 2.24) is 0 Å². The van der Waals surface area contributed by atoms with Gasteiger partial charge in [-0.1, -0.05) is 43.7 Å². The molecule has 1 aromatic rings. The SMILES string of the molecule is CCCC[N+]1(C)C2CC(OC(=O)[C@@H](CO)c3ccccc3)CC1C1OC12. The number of carbonyl (C=O) groups is 1. The summed E-state index contributed by atoms with van der Waals surface area (Å²) in [5, 5.41) is 9.70. The van der Waals surface area contributed by atoms with Crippen molar-refractivity contribution in [2.24, 2.45) is 0 Å². The van der Waals surface area contributed by atoms with Gasteiger partial charge in [-0.2, -0.15) is 0 Å². The molecule has 5 nitrogen and oxygen atoms in total. The Bertz CT molecular complexity index is 631. The number of unbranched alkanes of at least 4 members (excludes halogenated alkanes) is 1. The number of nitrogens with zero attached hydrogens (tertiary/aromatic N) is 1. The van der Waals surface area contributed by atoms with E-state index in [0.29, 0.717) is 24.3 Å². The summed E-state index contributed by atoms with van der Waals surface area (Å²) in [6.45, 7) is 3.20. The van der Waals surface area contributed by atoms with Gasteiger partial charge in [-0.3, -0.25) is 4.79 Å². The number of ether oxygens (including phenoxy) is 2. The van der Waals surface area contributed by atoms with Crippen LogP contribution in [-0.4, -0.2) is 66.2 Å². The number of piperidine rings is 1. The smallest absolute Gasteiger partial charge is 0.316 e. The molecule has 3 heterocycles. The Labute approximate surface area is 155 Å². The largest absolute Gasteiger partial charge is 0.461 e. The molecule has 0 aromatic heterocycles. The monoisotopic (exact) mass is 360 g/mol. The molecule has 3 saturated heterocycles. The van der Waals surface area contributed by atoms with Crippen LogP contribution in [-0.2, 0) is 14.3 Å². The van der Waals surface area contributed by atoms with Crippen LogP contribution in [0.1, 0.15) is 44.1 Å².